The molecular formula is C13H16N4O. The third kappa shape index (κ3) is 1.85. The Morgan fingerprint density at radius 3 is 2.89 bits per heavy atom. The number of aromatic nitrogens is 3. The predicted molar refractivity (Wildman–Crippen MR) is 68.4 cm³/mol. The number of nitrogens with one attached hydrogen (secondary N) is 1. The number of hydrogen-bond donors (Lipinski definition) is 1. The molecule has 1 N–H and O–H groups in total. The summed E-state index contributed by atoms with van der Waals surface area (Å²) < 4.78 is 0. The molecule has 3 rings (SSSR count). The molecule has 5 heteroatoms. The minimum absolute atomic E-state index is 0.0877. The van der Waals surface area contributed by atoms with Crippen molar-refractivity contribution in [2.75, 3.05) is 13.1 Å². The van der Waals surface area contributed by atoms with E-state index in [2.05, 4.69) is 15.2 Å². The van der Waals surface area contributed by atoms with Gasteiger partial charge in [0.1, 0.15) is 0 Å². The van der Waals surface area contributed by atoms with Crippen molar-refractivity contribution in [2.45, 2.75) is 26.2 Å². The lowest BCUT2D eigenvalue weighted by Gasteiger charge is -2.26. The lowest BCUT2D eigenvalue weighted by molar-refractivity contribution is 0.0724. The molecule has 0 atom stereocenters. The van der Waals surface area contributed by atoms with Crippen molar-refractivity contribution in [1.82, 2.24) is 20.1 Å². The quantitative estimate of drug-likeness (QED) is 0.833. The number of amides is 1. The van der Waals surface area contributed by atoms with E-state index in [0.29, 0.717) is 11.2 Å². The molecule has 18 heavy (non-hydrogen) atoms. The summed E-state index contributed by atoms with van der Waals surface area (Å²) in [6.07, 6.45) is 5.06. The standard InChI is InChI=1S/C13H16N4O/c1-9-11-7-10(8-14-12(11)16-15-9)13(18)17-5-3-2-4-6-17/h7-8H,2-6H2,1H3,(H,14,15,16). The molecule has 3 heterocycles. The van der Waals surface area contributed by atoms with Crippen molar-refractivity contribution in [3.8, 4) is 0 Å². The number of fused-ring (bicyclic) bond motifs is 1. The van der Waals surface area contributed by atoms with Crippen LogP contribution >= 0.6 is 0 Å². The summed E-state index contributed by atoms with van der Waals surface area (Å²) in [5.74, 6) is 0.0877. The van der Waals surface area contributed by atoms with Gasteiger partial charge < -0.3 is 4.90 Å². The number of carbonyl (C=O) groups is 1. The highest BCUT2D eigenvalue weighted by molar-refractivity contribution is 5.97. The van der Waals surface area contributed by atoms with Crippen molar-refractivity contribution in [2.24, 2.45) is 0 Å². The molecule has 1 amide bonds. The first-order chi connectivity index (χ1) is 8.75. The Morgan fingerprint density at radius 2 is 2.11 bits per heavy atom. The molecule has 0 unspecified atom stereocenters. The molecule has 2 aromatic rings. The lowest BCUT2D eigenvalue weighted by atomic mass is 10.1. The maximum Gasteiger partial charge on any atom is 0.255 e. The van der Waals surface area contributed by atoms with Gasteiger partial charge in [0.05, 0.1) is 5.56 Å². The fraction of sp³-hybridized carbons (Fsp3) is 0.462. The summed E-state index contributed by atoms with van der Waals surface area (Å²) >= 11 is 0. The van der Waals surface area contributed by atoms with Crippen LogP contribution in [0.25, 0.3) is 11.0 Å². The molecule has 0 spiro atoms. The van der Waals surface area contributed by atoms with Crippen LogP contribution in [-0.4, -0.2) is 39.1 Å². The van der Waals surface area contributed by atoms with E-state index in [1.165, 1.54) is 6.42 Å². The van der Waals surface area contributed by atoms with Crippen molar-refractivity contribution in [3.05, 3.63) is 23.5 Å². The summed E-state index contributed by atoms with van der Waals surface area (Å²) in [5, 5.41) is 7.88. The topological polar surface area (TPSA) is 61.9 Å². The van der Waals surface area contributed by atoms with Crippen LogP contribution in [0.2, 0.25) is 0 Å². The van der Waals surface area contributed by atoms with Gasteiger partial charge in [-0.1, -0.05) is 0 Å². The van der Waals surface area contributed by atoms with E-state index in [0.717, 1.165) is 37.0 Å². The minimum atomic E-state index is 0.0877. The molecule has 0 aliphatic carbocycles. The highest BCUT2D eigenvalue weighted by atomic mass is 16.2. The van der Waals surface area contributed by atoms with E-state index in [1.807, 2.05) is 17.9 Å². The van der Waals surface area contributed by atoms with E-state index < -0.39 is 0 Å². The third-order valence-corrected chi connectivity index (χ3v) is 3.49. The van der Waals surface area contributed by atoms with E-state index in [-0.39, 0.29) is 5.91 Å². The zero-order valence-electron chi connectivity index (χ0n) is 10.4. The minimum Gasteiger partial charge on any atom is -0.339 e. The number of hydrogen-bond acceptors (Lipinski definition) is 3. The number of aromatic amines is 1. The summed E-state index contributed by atoms with van der Waals surface area (Å²) in [6.45, 7) is 3.66. The Labute approximate surface area is 105 Å². The maximum absolute atomic E-state index is 12.3. The number of H-pyrrole nitrogens is 1. The first-order valence-corrected chi connectivity index (χ1v) is 6.36. The second-order valence-corrected chi connectivity index (χ2v) is 4.80. The van der Waals surface area contributed by atoms with Crippen LogP contribution in [0.4, 0.5) is 0 Å². The summed E-state index contributed by atoms with van der Waals surface area (Å²) in [4.78, 5) is 18.5. The third-order valence-electron chi connectivity index (χ3n) is 3.49. The predicted octanol–water partition coefficient (Wildman–Crippen LogP) is 1.89. The van der Waals surface area contributed by atoms with E-state index >= 15 is 0 Å². The number of nitrogens with zero attached hydrogens (tertiary/aromatic N) is 3. The summed E-state index contributed by atoms with van der Waals surface area (Å²) in [5.41, 5.74) is 2.28. The molecule has 5 nitrogen and oxygen atoms in total. The van der Waals surface area contributed by atoms with Crippen molar-refractivity contribution in [3.63, 3.8) is 0 Å². The van der Waals surface area contributed by atoms with Crippen LogP contribution in [0.5, 0.6) is 0 Å². The van der Waals surface area contributed by atoms with Gasteiger partial charge in [-0.3, -0.25) is 9.89 Å². The van der Waals surface area contributed by atoms with E-state index in [4.69, 9.17) is 0 Å². The van der Waals surface area contributed by atoms with Crippen LogP contribution in [0.1, 0.15) is 35.3 Å². The molecular weight excluding hydrogens is 228 g/mol. The Balaban J connectivity index is 1.93. The lowest BCUT2D eigenvalue weighted by Crippen LogP contribution is -2.35. The van der Waals surface area contributed by atoms with Gasteiger partial charge in [-0.2, -0.15) is 5.10 Å². The van der Waals surface area contributed by atoms with Gasteiger partial charge in [0, 0.05) is 30.4 Å². The van der Waals surface area contributed by atoms with Crippen molar-refractivity contribution in [1.29, 1.82) is 0 Å². The molecule has 1 aliphatic rings. The molecule has 0 aromatic carbocycles. The first kappa shape index (κ1) is 11.2. The largest absolute Gasteiger partial charge is 0.339 e. The summed E-state index contributed by atoms with van der Waals surface area (Å²) in [7, 11) is 0. The molecule has 0 bridgehead atoms. The Morgan fingerprint density at radius 1 is 1.33 bits per heavy atom. The number of likely N-dealkylation sites (tertiary alicyclic amines) is 1. The average Bonchev–Trinajstić information content (AvgIpc) is 2.80. The van der Waals surface area contributed by atoms with Gasteiger partial charge in [-0.25, -0.2) is 4.98 Å². The zero-order valence-corrected chi connectivity index (χ0v) is 10.4. The molecule has 0 saturated carbocycles. The van der Waals surface area contributed by atoms with Crippen LogP contribution in [0.3, 0.4) is 0 Å². The Kier molecular flexibility index (Phi) is 2.74. The smallest absolute Gasteiger partial charge is 0.255 e. The Bertz CT molecular complexity index is 584. The van der Waals surface area contributed by atoms with Crippen LogP contribution in [0, 0.1) is 6.92 Å². The number of aryl methyl sites for hydroxylation is 1. The normalized spacial score (nSPS) is 16.2. The SMILES string of the molecule is Cc1[nH]nc2ncc(C(=O)N3CCCCC3)cc12. The number of carbonyl (C=O) groups excluding carboxylic acids is 1. The zero-order chi connectivity index (χ0) is 12.5. The number of rotatable bonds is 1. The van der Waals surface area contributed by atoms with E-state index in [9.17, 15) is 4.79 Å². The average molecular weight is 244 g/mol. The highest BCUT2D eigenvalue weighted by Gasteiger charge is 2.19. The van der Waals surface area contributed by atoms with Crippen molar-refractivity contribution < 1.29 is 4.79 Å². The van der Waals surface area contributed by atoms with Gasteiger partial charge in [-0.05, 0) is 32.3 Å². The second kappa shape index (κ2) is 4.40. The molecule has 0 radical (unpaired) electrons. The van der Waals surface area contributed by atoms with Crippen LogP contribution in [0.15, 0.2) is 12.3 Å². The number of piperidine rings is 1. The van der Waals surface area contributed by atoms with Gasteiger partial charge in [0.25, 0.3) is 5.91 Å². The molecule has 1 saturated heterocycles. The van der Waals surface area contributed by atoms with Crippen molar-refractivity contribution >= 4 is 16.9 Å². The van der Waals surface area contributed by atoms with E-state index in [1.54, 1.807) is 6.20 Å². The molecule has 2 aromatic heterocycles. The maximum atomic E-state index is 12.3. The fourth-order valence-electron chi connectivity index (χ4n) is 2.42. The molecule has 1 fully saturated rings. The highest BCUT2D eigenvalue weighted by Crippen LogP contribution is 2.17. The first-order valence-electron chi connectivity index (χ1n) is 6.36. The van der Waals surface area contributed by atoms with Gasteiger partial charge >= 0.3 is 0 Å². The Hall–Kier alpha value is -1.91. The van der Waals surface area contributed by atoms with Crippen LogP contribution in [-0.2, 0) is 0 Å². The molecule has 1 aliphatic heterocycles. The summed E-state index contributed by atoms with van der Waals surface area (Å²) in [6, 6.07) is 1.89. The monoisotopic (exact) mass is 244 g/mol. The fourth-order valence-corrected chi connectivity index (χ4v) is 2.42. The van der Waals surface area contributed by atoms with Gasteiger partial charge in [0.15, 0.2) is 5.65 Å². The van der Waals surface area contributed by atoms with Gasteiger partial charge in [-0.15, -0.1) is 0 Å². The van der Waals surface area contributed by atoms with Gasteiger partial charge in [0.2, 0.25) is 0 Å². The second-order valence-electron chi connectivity index (χ2n) is 4.80. The molecule has 94 valence electrons. The number of pyridine rings is 1. The van der Waals surface area contributed by atoms with Crippen LogP contribution < -0.4 is 0 Å².